The fraction of sp³-hybridized carbons (Fsp3) is 0.316. The number of methoxy groups -OCH3 is 1. The standard InChI is InChI=1S/C18H17ClFN5O3.CH4/c1-27-10-16-22-23-18(25(16)12-3-5-17(26)21-7-12)24-8-13(9-24)28-15-4-2-11(20)6-14(15)19;/h2-7,13H,8-10H2,1H3,(H,21,26);1H4. The van der Waals surface area contributed by atoms with Gasteiger partial charge in [0.15, 0.2) is 5.82 Å². The van der Waals surface area contributed by atoms with Crippen molar-refractivity contribution < 1.29 is 13.9 Å². The van der Waals surface area contributed by atoms with Crippen molar-refractivity contribution in [1.29, 1.82) is 0 Å². The first-order valence-electron chi connectivity index (χ1n) is 8.54. The maximum atomic E-state index is 13.2. The molecule has 0 bridgehead atoms. The molecule has 0 aliphatic carbocycles. The number of hydrogen-bond acceptors (Lipinski definition) is 6. The molecule has 0 atom stereocenters. The molecule has 8 nitrogen and oxygen atoms in total. The summed E-state index contributed by atoms with van der Waals surface area (Å²) in [7, 11) is 1.57. The molecule has 10 heteroatoms. The number of nitrogens with zero attached hydrogens (tertiary/aromatic N) is 4. The number of pyridine rings is 1. The van der Waals surface area contributed by atoms with Crippen LogP contribution in [0.25, 0.3) is 5.69 Å². The molecule has 3 aromatic rings. The van der Waals surface area contributed by atoms with E-state index in [1.54, 1.807) is 19.4 Å². The molecular formula is C19H21ClFN5O3. The third kappa shape index (κ3) is 4.25. The van der Waals surface area contributed by atoms with Gasteiger partial charge in [0.05, 0.1) is 23.8 Å². The van der Waals surface area contributed by atoms with E-state index in [9.17, 15) is 9.18 Å². The highest BCUT2D eigenvalue weighted by Crippen LogP contribution is 2.30. The molecule has 1 N–H and O–H groups in total. The van der Waals surface area contributed by atoms with Gasteiger partial charge in [0, 0.05) is 19.4 Å². The largest absolute Gasteiger partial charge is 0.485 e. The summed E-state index contributed by atoms with van der Waals surface area (Å²) in [5, 5.41) is 8.69. The van der Waals surface area contributed by atoms with E-state index in [4.69, 9.17) is 21.1 Å². The Morgan fingerprint density at radius 3 is 2.72 bits per heavy atom. The number of anilines is 1. The summed E-state index contributed by atoms with van der Waals surface area (Å²) in [6, 6.07) is 7.17. The van der Waals surface area contributed by atoms with Crippen molar-refractivity contribution >= 4 is 17.5 Å². The Morgan fingerprint density at radius 1 is 1.28 bits per heavy atom. The van der Waals surface area contributed by atoms with Crippen LogP contribution >= 0.6 is 11.6 Å². The number of rotatable bonds is 6. The number of ether oxygens (including phenoxy) is 2. The number of H-pyrrole nitrogens is 1. The molecule has 154 valence electrons. The average molecular weight is 422 g/mol. The molecule has 4 rings (SSSR count). The van der Waals surface area contributed by atoms with Gasteiger partial charge in [-0.25, -0.2) is 4.39 Å². The minimum Gasteiger partial charge on any atom is -0.485 e. The maximum absolute atomic E-state index is 13.2. The van der Waals surface area contributed by atoms with Crippen molar-refractivity contribution in [1.82, 2.24) is 19.7 Å². The van der Waals surface area contributed by atoms with E-state index >= 15 is 0 Å². The highest BCUT2D eigenvalue weighted by Gasteiger charge is 2.33. The predicted molar refractivity (Wildman–Crippen MR) is 107 cm³/mol. The average Bonchev–Trinajstić information content (AvgIpc) is 3.03. The van der Waals surface area contributed by atoms with Crippen LogP contribution in [0.4, 0.5) is 10.3 Å². The Kier molecular flexibility index (Phi) is 6.19. The Labute approximate surface area is 171 Å². The highest BCUT2D eigenvalue weighted by molar-refractivity contribution is 6.32. The first-order chi connectivity index (χ1) is 13.5. The number of halogens is 2. The fourth-order valence-electron chi connectivity index (χ4n) is 2.97. The van der Waals surface area contributed by atoms with E-state index in [0.717, 1.165) is 5.69 Å². The molecule has 1 aliphatic rings. The van der Waals surface area contributed by atoms with Gasteiger partial charge in [0.1, 0.15) is 24.3 Å². The van der Waals surface area contributed by atoms with Crippen LogP contribution in [0.1, 0.15) is 13.3 Å². The first kappa shape index (κ1) is 20.8. The Morgan fingerprint density at radius 2 is 2.07 bits per heavy atom. The summed E-state index contributed by atoms with van der Waals surface area (Å²) < 4.78 is 26.0. The first-order valence-corrected chi connectivity index (χ1v) is 8.92. The second kappa shape index (κ2) is 8.62. The second-order valence-electron chi connectivity index (χ2n) is 6.32. The zero-order chi connectivity index (χ0) is 19.7. The SMILES string of the molecule is C.COCc1nnc(N2CC(Oc3ccc(F)cc3Cl)C2)n1-c1ccc(=O)[nH]c1. The van der Waals surface area contributed by atoms with E-state index < -0.39 is 5.82 Å². The van der Waals surface area contributed by atoms with Crippen LogP contribution in [-0.4, -0.2) is 46.1 Å². The van der Waals surface area contributed by atoms with Gasteiger partial charge in [0.2, 0.25) is 11.5 Å². The van der Waals surface area contributed by atoms with Gasteiger partial charge < -0.3 is 19.4 Å². The van der Waals surface area contributed by atoms with Crippen LogP contribution in [0.5, 0.6) is 5.75 Å². The van der Waals surface area contributed by atoms with Crippen molar-refractivity contribution in [3.8, 4) is 11.4 Å². The lowest BCUT2D eigenvalue weighted by Gasteiger charge is -2.39. The molecule has 0 unspecified atom stereocenters. The number of hydrogen-bond donors (Lipinski definition) is 1. The molecule has 1 fully saturated rings. The smallest absolute Gasteiger partial charge is 0.248 e. The molecule has 29 heavy (non-hydrogen) atoms. The highest BCUT2D eigenvalue weighted by atomic mass is 35.5. The minimum atomic E-state index is -0.410. The van der Waals surface area contributed by atoms with Gasteiger partial charge in [-0.2, -0.15) is 0 Å². The van der Waals surface area contributed by atoms with Crippen LogP contribution in [0, 0.1) is 5.82 Å². The molecule has 0 spiro atoms. The van der Waals surface area contributed by atoms with Gasteiger partial charge in [-0.3, -0.25) is 9.36 Å². The summed E-state index contributed by atoms with van der Waals surface area (Å²) in [6.45, 7) is 1.38. The molecule has 2 aromatic heterocycles. The lowest BCUT2D eigenvalue weighted by molar-refractivity contribution is 0.165. The Balaban J connectivity index is 0.00000240. The van der Waals surface area contributed by atoms with Crippen LogP contribution in [0.3, 0.4) is 0 Å². The van der Waals surface area contributed by atoms with Gasteiger partial charge in [0.25, 0.3) is 0 Å². The number of nitrogens with one attached hydrogen (secondary N) is 1. The van der Waals surface area contributed by atoms with Gasteiger partial charge in [-0.15, -0.1) is 10.2 Å². The van der Waals surface area contributed by atoms with Gasteiger partial charge in [-0.1, -0.05) is 19.0 Å². The second-order valence-corrected chi connectivity index (χ2v) is 6.72. The van der Waals surface area contributed by atoms with Crippen LogP contribution in [0.15, 0.2) is 41.3 Å². The van der Waals surface area contributed by atoms with E-state index in [-0.39, 0.29) is 30.7 Å². The van der Waals surface area contributed by atoms with Crippen molar-refractivity contribution in [2.75, 3.05) is 25.1 Å². The minimum absolute atomic E-state index is 0. The summed E-state index contributed by atoms with van der Waals surface area (Å²) in [6.07, 6.45) is 1.48. The third-order valence-corrected chi connectivity index (χ3v) is 4.63. The Bertz CT molecular complexity index is 1030. The molecule has 1 saturated heterocycles. The fourth-order valence-corrected chi connectivity index (χ4v) is 3.18. The van der Waals surface area contributed by atoms with E-state index in [0.29, 0.717) is 30.6 Å². The lowest BCUT2D eigenvalue weighted by Crippen LogP contribution is -2.55. The molecule has 0 radical (unpaired) electrons. The molecule has 3 heterocycles. The van der Waals surface area contributed by atoms with Gasteiger partial charge in [-0.05, 0) is 24.3 Å². The summed E-state index contributed by atoms with van der Waals surface area (Å²) in [5.41, 5.74) is 0.526. The summed E-state index contributed by atoms with van der Waals surface area (Å²) in [5.74, 6) is 1.25. The van der Waals surface area contributed by atoms with Crippen molar-refractivity contribution in [2.24, 2.45) is 0 Å². The molecule has 1 aliphatic heterocycles. The van der Waals surface area contributed by atoms with E-state index in [2.05, 4.69) is 15.2 Å². The molecule has 0 amide bonds. The zero-order valence-electron chi connectivity index (χ0n) is 14.9. The lowest BCUT2D eigenvalue weighted by atomic mass is 10.2. The topological polar surface area (TPSA) is 85.3 Å². The number of aromatic nitrogens is 4. The summed E-state index contributed by atoms with van der Waals surface area (Å²) >= 11 is 6.02. The van der Waals surface area contributed by atoms with E-state index in [1.165, 1.54) is 24.3 Å². The third-order valence-electron chi connectivity index (χ3n) is 4.33. The molecule has 0 saturated carbocycles. The number of aromatic amines is 1. The number of benzene rings is 1. The molecular weight excluding hydrogens is 401 g/mol. The van der Waals surface area contributed by atoms with Crippen molar-refractivity contribution in [2.45, 2.75) is 20.1 Å². The van der Waals surface area contributed by atoms with Crippen LogP contribution in [-0.2, 0) is 11.3 Å². The van der Waals surface area contributed by atoms with Crippen molar-refractivity contribution in [3.05, 3.63) is 63.5 Å². The van der Waals surface area contributed by atoms with E-state index in [1.807, 2.05) is 9.47 Å². The monoisotopic (exact) mass is 421 g/mol. The van der Waals surface area contributed by atoms with Crippen molar-refractivity contribution in [3.63, 3.8) is 0 Å². The van der Waals surface area contributed by atoms with Crippen LogP contribution < -0.4 is 15.2 Å². The van der Waals surface area contributed by atoms with Crippen LogP contribution in [0.2, 0.25) is 5.02 Å². The predicted octanol–water partition coefficient (Wildman–Crippen LogP) is 2.80. The maximum Gasteiger partial charge on any atom is 0.248 e. The van der Waals surface area contributed by atoms with Gasteiger partial charge >= 0.3 is 0 Å². The summed E-state index contributed by atoms with van der Waals surface area (Å²) in [4.78, 5) is 16.0. The Hall–Kier alpha value is -2.91. The zero-order valence-corrected chi connectivity index (χ0v) is 15.7. The molecule has 1 aromatic carbocycles. The quantitative estimate of drug-likeness (QED) is 0.658. The normalized spacial score (nSPS) is 13.7.